The Balaban J connectivity index is 2.06. The molecule has 0 aromatic carbocycles. The van der Waals surface area contributed by atoms with Crippen LogP contribution in [0, 0.1) is 22.7 Å². The number of esters is 1. The minimum absolute atomic E-state index is 0.0181. The Morgan fingerprint density at radius 2 is 1.83 bits per heavy atom. The quantitative estimate of drug-likeness (QED) is 0.512. The highest BCUT2D eigenvalue weighted by atomic mass is 16.5. The van der Waals surface area contributed by atoms with Gasteiger partial charge in [-0.2, -0.15) is 0 Å². The molecule has 30 heavy (non-hydrogen) atoms. The molecule has 1 heterocycles. The molecule has 1 saturated heterocycles. The van der Waals surface area contributed by atoms with Gasteiger partial charge in [-0.05, 0) is 43.6 Å². The van der Waals surface area contributed by atoms with Gasteiger partial charge in [0.2, 0.25) is 0 Å². The number of rotatable bonds is 5. The molecule has 2 fully saturated rings. The fourth-order valence-electron chi connectivity index (χ4n) is 6.70. The third kappa shape index (κ3) is 3.70. The van der Waals surface area contributed by atoms with Crippen LogP contribution >= 0.6 is 0 Å². The number of aliphatic hydroxyl groups is 1. The van der Waals surface area contributed by atoms with Crippen molar-refractivity contribution in [3.8, 4) is 0 Å². The first-order chi connectivity index (χ1) is 13.8. The lowest BCUT2D eigenvalue weighted by molar-refractivity contribution is -0.212. The first kappa shape index (κ1) is 23.3. The summed E-state index contributed by atoms with van der Waals surface area (Å²) in [7, 11) is 0. The standard InChI is InChI=1S/C24H38O6/c1-15(2)20(28)29-14-16-12-17(25)19-21(3,4)8-7-9-23(19,6)24(16)11-10-22(5,30-24)13-18(26)27/h12,15,17,19,25H,7-11,13-14H2,1-6H3,(H,26,27)/t17-,19-,22+,23-,24+/m0/s1. The third-order valence-corrected chi connectivity index (χ3v) is 7.99. The lowest BCUT2D eigenvalue weighted by Gasteiger charge is -2.62. The number of fused-ring (bicyclic) bond motifs is 2. The van der Waals surface area contributed by atoms with E-state index < -0.39 is 23.3 Å². The smallest absolute Gasteiger partial charge is 0.308 e. The van der Waals surface area contributed by atoms with Crippen molar-refractivity contribution in [2.24, 2.45) is 22.7 Å². The molecule has 170 valence electrons. The molecule has 2 aliphatic carbocycles. The highest BCUT2D eigenvalue weighted by Crippen LogP contribution is 2.66. The zero-order chi connectivity index (χ0) is 22.5. The lowest BCUT2D eigenvalue weighted by atomic mass is 9.46. The summed E-state index contributed by atoms with van der Waals surface area (Å²) in [6, 6.07) is 0. The monoisotopic (exact) mass is 422 g/mol. The summed E-state index contributed by atoms with van der Waals surface area (Å²) in [6.45, 7) is 12.1. The molecule has 2 N–H and O–H groups in total. The van der Waals surface area contributed by atoms with Crippen LogP contribution in [0.15, 0.2) is 11.6 Å². The topological polar surface area (TPSA) is 93.1 Å². The van der Waals surface area contributed by atoms with Crippen LogP contribution in [0.2, 0.25) is 0 Å². The van der Waals surface area contributed by atoms with E-state index in [1.54, 1.807) is 13.8 Å². The zero-order valence-corrected chi connectivity index (χ0v) is 19.3. The molecule has 6 nitrogen and oxygen atoms in total. The third-order valence-electron chi connectivity index (χ3n) is 7.99. The van der Waals surface area contributed by atoms with E-state index in [2.05, 4.69) is 20.8 Å². The van der Waals surface area contributed by atoms with Gasteiger partial charge in [0.15, 0.2) is 0 Å². The number of carbonyl (C=O) groups excluding carboxylic acids is 1. The predicted octanol–water partition coefficient (Wildman–Crippen LogP) is 4.10. The van der Waals surface area contributed by atoms with Crippen LogP contribution < -0.4 is 0 Å². The molecule has 0 aromatic rings. The summed E-state index contributed by atoms with van der Waals surface area (Å²) in [5.74, 6) is -1.43. The highest BCUT2D eigenvalue weighted by Gasteiger charge is 2.67. The maximum Gasteiger partial charge on any atom is 0.308 e. The Bertz CT molecular complexity index is 740. The second kappa shape index (κ2) is 7.63. The highest BCUT2D eigenvalue weighted by molar-refractivity contribution is 5.71. The number of aliphatic carboxylic acids is 1. The van der Waals surface area contributed by atoms with Crippen molar-refractivity contribution in [3.05, 3.63) is 11.6 Å². The molecule has 1 saturated carbocycles. The Morgan fingerprint density at radius 1 is 1.17 bits per heavy atom. The second-order valence-corrected chi connectivity index (χ2v) is 11.1. The summed E-state index contributed by atoms with van der Waals surface area (Å²) >= 11 is 0. The summed E-state index contributed by atoms with van der Waals surface area (Å²) in [6.07, 6.45) is 5.33. The van der Waals surface area contributed by atoms with Crippen LogP contribution in [0.25, 0.3) is 0 Å². The number of carboxylic acid groups (broad SMARTS) is 1. The van der Waals surface area contributed by atoms with Gasteiger partial charge in [0, 0.05) is 11.3 Å². The van der Waals surface area contributed by atoms with Crippen LogP contribution in [0.1, 0.15) is 80.1 Å². The Morgan fingerprint density at radius 3 is 2.43 bits per heavy atom. The summed E-state index contributed by atoms with van der Waals surface area (Å²) in [5.41, 5.74) is -1.20. The van der Waals surface area contributed by atoms with Crippen molar-refractivity contribution in [2.75, 3.05) is 6.61 Å². The van der Waals surface area contributed by atoms with Gasteiger partial charge in [0.05, 0.1) is 29.6 Å². The van der Waals surface area contributed by atoms with Gasteiger partial charge >= 0.3 is 11.9 Å². The summed E-state index contributed by atoms with van der Waals surface area (Å²) in [5, 5.41) is 20.6. The number of aliphatic hydroxyl groups excluding tert-OH is 1. The first-order valence-electron chi connectivity index (χ1n) is 11.2. The van der Waals surface area contributed by atoms with Gasteiger partial charge in [-0.1, -0.05) is 47.1 Å². The van der Waals surface area contributed by atoms with Crippen molar-refractivity contribution >= 4 is 11.9 Å². The van der Waals surface area contributed by atoms with Crippen molar-refractivity contribution in [1.29, 1.82) is 0 Å². The van der Waals surface area contributed by atoms with Crippen molar-refractivity contribution in [3.63, 3.8) is 0 Å². The van der Waals surface area contributed by atoms with Crippen LogP contribution in [0.3, 0.4) is 0 Å². The fraction of sp³-hybridized carbons (Fsp3) is 0.833. The molecule has 3 aliphatic rings. The molecule has 0 aromatic heterocycles. The molecular weight excluding hydrogens is 384 g/mol. The molecule has 1 spiro atoms. The van der Waals surface area contributed by atoms with E-state index in [4.69, 9.17) is 9.47 Å². The van der Waals surface area contributed by atoms with Gasteiger partial charge in [-0.25, -0.2) is 0 Å². The van der Waals surface area contributed by atoms with Crippen molar-refractivity contribution < 1.29 is 29.3 Å². The molecule has 3 rings (SSSR count). The molecule has 1 aliphatic heterocycles. The lowest BCUT2D eigenvalue weighted by Crippen LogP contribution is -2.64. The maximum atomic E-state index is 12.2. The van der Waals surface area contributed by atoms with E-state index in [9.17, 15) is 19.8 Å². The number of hydrogen-bond donors (Lipinski definition) is 2. The van der Waals surface area contributed by atoms with E-state index in [1.165, 1.54) is 0 Å². The average molecular weight is 423 g/mol. The van der Waals surface area contributed by atoms with Crippen LogP contribution in [0.4, 0.5) is 0 Å². The fourth-order valence-corrected chi connectivity index (χ4v) is 6.70. The summed E-state index contributed by atoms with van der Waals surface area (Å²) < 4.78 is 12.3. The van der Waals surface area contributed by atoms with E-state index in [-0.39, 0.29) is 41.7 Å². The molecule has 0 amide bonds. The number of carboxylic acids is 1. The van der Waals surface area contributed by atoms with Gasteiger partial charge < -0.3 is 19.7 Å². The Hall–Kier alpha value is -1.40. The average Bonchev–Trinajstić information content (AvgIpc) is 2.94. The molecule has 0 unspecified atom stereocenters. The number of carbonyl (C=O) groups is 2. The Kier molecular flexibility index (Phi) is 5.92. The van der Waals surface area contributed by atoms with E-state index in [1.807, 2.05) is 13.0 Å². The maximum absolute atomic E-state index is 12.2. The molecule has 6 heteroatoms. The first-order valence-corrected chi connectivity index (χ1v) is 11.2. The number of hydrogen-bond acceptors (Lipinski definition) is 5. The minimum atomic E-state index is -0.882. The van der Waals surface area contributed by atoms with Gasteiger partial charge in [0.25, 0.3) is 0 Å². The van der Waals surface area contributed by atoms with Crippen molar-refractivity contribution in [2.45, 2.75) is 97.4 Å². The van der Waals surface area contributed by atoms with Gasteiger partial charge in [0.1, 0.15) is 6.61 Å². The Labute approximate surface area is 180 Å². The zero-order valence-electron chi connectivity index (χ0n) is 19.3. The van der Waals surface area contributed by atoms with Crippen LogP contribution in [0.5, 0.6) is 0 Å². The molecule has 0 bridgehead atoms. The van der Waals surface area contributed by atoms with Crippen molar-refractivity contribution in [1.82, 2.24) is 0 Å². The molecular formula is C24H38O6. The molecule has 5 atom stereocenters. The summed E-state index contributed by atoms with van der Waals surface area (Å²) in [4.78, 5) is 23.7. The van der Waals surface area contributed by atoms with Crippen LogP contribution in [-0.2, 0) is 19.1 Å². The van der Waals surface area contributed by atoms with E-state index >= 15 is 0 Å². The normalized spacial score (nSPS) is 40.2. The van der Waals surface area contributed by atoms with E-state index in [0.29, 0.717) is 12.8 Å². The minimum Gasteiger partial charge on any atom is -0.481 e. The molecule has 0 radical (unpaired) electrons. The largest absolute Gasteiger partial charge is 0.481 e. The van der Waals surface area contributed by atoms with Crippen LogP contribution in [-0.4, -0.2) is 46.1 Å². The second-order valence-electron chi connectivity index (χ2n) is 11.1. The van der Waals surface area contributed by atoms with Gasteiger partial charge in [-0.3, -0.25) is 9.59 Å². The SMILES string of the molecule is CC(C)C(=O)OCC1=C[C@H](O)[C@H]2C(C)(C)CCC[C@]2(C)[C@@]12CC[C@](C)(CC(=O)O)O2. The van der Waals surface area contributed by atoms with Gasteiger partial charge in [-0.15, -0.1) is 0 Å². The number of ether oxygens (including phenoxy) is 2. The predicted molar refractivity (Wildman–Crippen MR) is 113 cm³/mol. The van der Waals surface area contributed by atoms with E-state index in [0.717, 1.165) is 24.8 Å².